The molecular formula is C19H19F3N4OS. The number of hydrogen-bond acceptors (Lipinski definition) is 4. The smallest absolute Gasteiger partial charge is 0.318 e. The molecule has 0 radical (unpaired) electrons. The Bertz CT molecular complexity index is 1040. The van der Waals surface area contributed by atoms with Crippen molar-refractivity contribution in [1.29, 1.82) is 0 Å². The summed E-state index contributed by atoms with van der Waals surface area (Å²) in [7, 11) is 1.24. The maximum absolute atomic E-state index is 12.8. The summed E-state index contributed by atoms with van der Waals surface area (Å²) in [6.07, 6.45) is -4.58. The molecule has 0 bridgehead atoms. The average molecular weight is 408 g/mol. The molecular weight excluding hydrogens is 389 g/mol. The Morgan fingerprint density at radius 1 is 1.14 bits per heavy atom. The highest BCUT2D eigenvalue weighted by atomic mass is 32.2. The third-order valence-corrected chi connectivity index (χ3v) is 5.43. The van der Waals surface area contributed by atoms with E-state index in [0.717, 1.165) is 39.0 Å². The van der Waals surface area contributed by atoms with E-state index in [2.05, 4.69) is 10.2 Å². The summed E-state index contributed by atoms with van der Waals surface area (Å²) in [5, 5.41) is 6.77. The number of aryl methyl sites for hydroxylation is 2. The first kappa shape index (κ1) is 20.2. The molecule has 3 rings (SSSR count). The monoisotopic (exact) mass is 408 g/mol. The lowest BCUT2D eigenvalue weighted by Gasteiger charge is -2.10. The maximum Gasteiger partial charge on any atom is 0.451 e. The van der Waals surface area contributed by atoms with Crippen molar-refractivity contribution in [3.05, 3.63) is 58.7 Å². The molecule has 0 aliphatic carbocycles. The zero-order chi connectivity index (χ0) is 20.6. The zero-order valence-electron chi connectivity index (χ0n) is 15.8. The van der Waals surface area contributed by atoms with Gasteiger partial charge in [-0.3, -0.25) is 4.79 Å². The molecule has 0 saturated carbocycles. The molecule has 3 aromatic rings. The highest BCUT2D eigenvalue weighted by molar-refractivity contribution is 7.99. The first-order chi connectivity index (χ1) is 13.1. The van der Waals surface area contributed by atoms with Crippen molar-refractivity contribution < 1.29 is 18.0 Å². The number of rotatable bonds is 5. The Kier molecular flexibility index (Phi) is 5.38. The molecule has 5 nitrogen and oxygen atoms in total. The van der Waals surface area contributed by atoms with Crippen LogP contribution in [-0.4, -0.2) is 30.9 Å². The minimum absolute atomic E-state index is 0.0259. The van der Waals surface area contributed by atoms with Gasteiger partial charge in [-0.1, -0.05) is 23.9 Å². The van der Waals surface area contributed by atoms with Gasteiger partial charge < -0.3 is 9.13 Å². The van der Waals surface area contributed by atoms with E-state index < -0.39 is 12.0 Å². The summed E-state index contributed by atoms with van der Waals surface area (Å²) in [6.45, 7) is 5.77. The Labute approximate surface area is 164 Å². The molecule has 0 aliphatic rings. The SMILES string of the molecule is Cc1cccc(-n2c(C)cc(C(=O)CSc3nnc(C(F)(F)F)n3C)c2C)c1. The van der Waals surface area contributed by atoms with E-state index >= 15 is 0 Å². The summed E-state index contributed by atoms with van der Waals surface area (Å²) in [5.74, 6) is -1.28. The van der Waals surface area contributed by atoms with Gasteiger partial charge in [0.25, 0.3) is 0 Å². The average Bonchev–Trinajstić information content (AvgIpc) is 3.12. The van der Waals surface area contributed by atoms with Crippen LogP contribution in [0.1, 0.15) is 33.1 Å². The van der Waals surface area contributed by atoms with Crippen LogP contribution in [0.25, 0.3) is 5.69 Å². The zero-order valence-corrected chi connectivity index (χ0v) is 16.6. The molecule has 0 amide bonds. The van der Waals surface area contributed by atoms with Gasteiger partial charge in [0.15, 0.2) is 10.9 Å². The Hall–Kier alpha value is -2.55. The van der Waals surface area contributed by atoms with Crippen LogP contribution < -0.4 is 0 Å². The molecule has 2 aromatic heterocycles. The van der Waals surface area contributed by atoms with Crippen LogP contribution in [0.2, 0.25) is 0 Å². The van der Waals surface area contributed by atoms with Gasteiger partial charge in [0.2, 0.25) is 5.82 Å². The molecule has 1 aromatic carbocycles. The highest BCUT2D eigenvalue weighted by Gasteiger charge is 2.37. The van der Waals surface area contributed by atoms with Crippen molar-refractivity contribution in [3.63, 3.8) is 0 Å². The second-order valence-corrected chi connectivity index (χ2v) is 7.48. The lowest BCUT2D eigenvalue weighted by atomic mass is 10.2. The predicted molar refractivity (Wildman–Crippen MR) is 101 cm³/mol. The minimum atomic E-state index is -4.58. The lowest BCUT2D eigenvalue weighted by Crippen LogP contribution is -2.13. The summed E-state index contributed by atoms with van der Waals surface area (Å²) in [5.41, 5.74) is 4.32. The van der Waals surface area contributed by atoms with Crippen molar-refractivity contribution in [2.75, 3.05) is 5.75 Å². The van der Waals surface area contributed by atoms with E-state index in [1.807, 2.05) is 49.6 Å². The van der Waals surface area contributed by atoms with Crippen LogP contribution in [0.4, 0.5) is 13.2 Å². The summed E-state index contributed by atoms with van der Waals surface area (Å²) in [4.78, 5) is 12.7. The van der Waals surface area contributed by atoms with Crippen LogP contribution in [0.3, 0.4) is 0 Å². The van der Waals surface area contributed by atoms with Crippen LogP contribution in [0.5, 0.6) is 0 Å². The van der Waals surface area contributed by atoms with Crippen LogP contribution in [0.15, 0.2) is 35.5 Å². The minimum Gasteiger partial charge on any atom is -0.318 e. The summed E-state index contributed by atoms with van der Waals surface area (Å²) >= 11 is 0.940. The fraction of sp³-hybridized carbons (Fsp3) is 0.316. The molecule has 28 heavy (non-hydrogen) atoms. The normalized spacial score (nSPS) is 11.8. The molecule has 0 atom stereocenters. The molecule has 0 saturated heterocycles. The molecule has 0 fully saturated rings. The summed E-state index contributed by atoms with van der Waals surface area (Å²) < 4.78 is 41.3. The summed E-state index contributed by atoms with van der Waals surface area (Å²) in [6, 6.07) is 9.75. The molecule has 0 unspecified atom stereocenters. The lowest BCUT2D eigenvalue weighted by molar-refractivity contribution is -0.147. The Balaban J connectivity index is 1.81. The van der Waals surface area contributed by atoms with E-state index in [1.165, 1.54) is 7.05 Å². The number of halogens is 3. The first-order valence-corrected chi connectivity index (χ1v) is 9.46. The molecule has 0 aliphatic heterocycles. The van der Waals surface area contributed by atoms with E-state index in [4.69, 9.17) is 0 Å². The van der Waals surface area contributed by atoms with Gasteiger partial charge in [-0.15, -0.1) is 10.2 Å². The van der Waals surface area contributed by atoms with Gasteiger partial charge in [-0.05, 0) is 44.5 Å². The Morgan fingerprint density at radius 3 is 2.46 bits per heavy atom. The van der Waals surface area contributed by atoms with Gasteiger partial charge in [0.05, 0.1) is 5.75 Å². The van der Waals surface area contributed by atoms with Crippen LogP contribution >= 0.6 is 11.8 Å². The van der Waals surface area contributed by atoms with Gasteiger partial charge in [-0.25, -0.2) is 0 Å². The highest BCUT2D eigenvalue weighted by Crippen LogP contribution is 2.30. The number of aromatic nitrogens is 4. The van der Waals surface area contributed by atoms with E-state index in [0.29, 0.717) is 5.56 Å². The van der Waals surface area contributed by atoms with Crippen molar-refractivity contribution in [1.82, 2.24) is 19.3 Å². The number of carbonyl (C=O) groups excluding carboxylic acids is 1. The number of carbonyl (C=O) groups is 1. The molecule has 0 spiro atoms. The third kappa shape index (κ3) is 3.84. The Morgan fingerprint density at radius 2 is 1.86 bits per heavy atom. The molecule has 0 N–H and O–H groups in total. The topological polar surface area (TPSA) is 52.7 Å². The van der Waals surface area contributed by atoms with Crippen LogP contribution in [0, 0.1) is 20.8 Å². The fourth-order valence-electron chi connectivity index (χ4n) is 3.10. The first-order valence-electron chi connectivity index (χ1n) is 8.48. The number of alkyl halides is 3. The van der Waals surface area contributed by atoms with E-state index in [1.54, 1.807) is 6.07 Å². The molecule has 2 heterocycles. The largest absolute Gasteiger partial charge is 0.451 e. The fourth-order valence-corrected chi connectivity index (χ4v) is 3.90. The quantitative estimate of drug-likeness (QED) is 0.460. The van der Waals surface area contributed by atoms with E-state index in [9.17, 15) is 18.0 Å². The van der Waals surface area contributed by atoms with Crippen molar-refractivity contribution in [2.24, 2.45) is 7.05 Å². The van der Waals surface area contributed by atoms with Crippen molar-refractivity contribution >= 4 is 17.5 Å². The second kappa shape index (κ2) is 7.46. The second-order valence-electron chi connectivity index (χ2n) is 6.53. The van der Waals surface area contributed by atoms with Crippen molar-refractivity contribution in [3.8, 4) is 5.69 Å². The van der Waals surface area contributed by atoms with Gasteiger partial charge >= 0.3 is 6.18 Å². The standard InChI is InChI=1S/C19H19F3N4OS/c1-11-6-5-7-14(8-11)26-12(2)9-15(13(26)3)16(27)10-28-18-24-23-17(25(18)4)19(20,21)22/h5-9H,10H2,1-4H3. The van der Waals surface area contributed by atoms with Gasteiger partial charge in [0, 0.05) is 29.7 Å². The number of benzene rings is 1. The number of Topliss-reactive ketones (excluding diaryl/α,β-unsaturated/α-hetero) is 1. The van der Waals surface area contributed by atoms with Crippen molar-refractivity contribution in [2.45, 2.75) is 32.1 Å². The maximum atomic E-state index is 12.8. The van der Waals surface area contributed by atoms with E-state index in [-0.39, 0.29) is 16.7 Å². The van der Waals surface area contributed by atoms with Gasteiger partial charge in [0.1, 0.15) is 0 Å². The third-order valence-electron chi connectivity index (χ3n) is 4.41. The number of ketones is 1. The number of thioether (sulfide) groups is 1. The number of nitrogens with zero attached hydrogens (tertiary/aromatic N) is 4. The molecule has 148 valence electrons. The van der Waals surface area contributed by atoms with Gasteiger partial charge in [-0.2, -0.15) is 13.2 Å². The van der Waals surface area contributed by atoms with Crippen LogP contribution in [-0.2, 0) is 13.2 Å². The predicted octanol–water partition coefficient (Wildman–Crippen LogP) is 4.52. The molecule has 9 heteroatoms. The number of hydrogen-bond donors (Lipinski definition) is 0.